The van der Waals surface area contributed by atoms with E-state index in [1.165, 1.54) is 22.5 Å². The molecule has 0 spiro atoms. The molecule has 0 aliphatic carbocycles. The molecule has 3 heterocycles. The number of para-hydroxylation sites is 1. The Kier molecular flexibility index (Phi) is 7.28. The first-order valence-electron chi connectivity index (χ1n) is 13.3. The van der Waals surface area contributed by atoms with Gasteiger partial charge in [0.2, 0.25) is 5.91 Å². The fourth-order valence-electron chi connectivity index (χ4n) is 5.55. The summed E-state index contributed by atoms with van der Waals surface area (Å²) in [5.41, 5.74) is 9.68. The van der Waals surface area contributed by atoms with Crippen LogP contribution in [0.2, 0.25) is 0 Å². The third-order valence-electron chi connectivity index (χ3n) is 7.69. The summed E-state index contributed by atoms with van der Waals surface area (Å²) in [6.07, 6.45) is 1.83. The van der Waals surface area contributed by atoms with Crippen LogP contribution in [0, 0.1) is 33.6 Å². The molecular formula is C32H35N5OS. The smallest absolute Gasteiger partial charge is 0.226 e. The van der Waals surface area contributed by atoms with Gasteiger partial charge in [0.05, 0.1) is 17.8 Å². The zero-order chi connectivity index (χ0) is 27.8. The maximum Gasteiger partial charge on any atom is 0.226 e. The number of amides is 1. The Morgan fingerprint density at radius 1 is 0.949 bits per heavy atom. The lowest BCUT2D eigenvalue weighted by Crippen LogP contribution is -2.30. The van der Waals surface area contributed by atoms with Crippen molar-refractivity contribution < 1.29 is 4.79 Å². The number of hydrogen-bond donors (Lipinski definition) is 2. The first-order valence-corrected chi connectivity index (χ1v) is 13.8. The Bertz CT molecular complexity index is 1530. The molecule has 1 fully saturated rings. The van der Waals surface area contributed by atoms with Gasteiger partial charge in [-0.3, -0.25) is 9.78 Å². The number of aromatic nitrogens is 2. The zero-order valence-corrected chi connectivity index (χ0v) is 24.1. The van der Waals surface area contributed by atoms with Crippen molar-refractivity contribution in [2.24, 2.45) is 5.92 Å². The second kappa shape index (κ2) is 10.7. The average Bonchev–Trinajstić information content (AvgIpc) is 3.37. The van der Waals surface area contributed by atoms with E-state index in [4.69, 9.17) is 17.2 Å². The van der Waals surface area contributed by atoms with Crippen molar-refractivity contribution in [3.05, 3.63) is 107 Å². The number of pyridine rings is 1. The van der Waals surface area contributed by atoms with E-state index in [0.717, 1.165) is 28.3 Å². The summed E-state index contributed by atoms with van der Waals surface area (Å²) in [5.74, 6) is -0.0907. The van der Waals surface area contributed by atoms with Crippen LogP contribution in [-0.2, 0) is 4.79 Å². The molecule has 2 aromatic carbocycles. The van der Waals surface area contributed by atoms with Gasteiger partial charge in [0.25, 0.3) is 0 Å². The van der Waals surface area contributed by atoms with Crippen molar-refractivity contribution in [2.75, 3.05) is 10.2 Å². The number of thiocarbonyl (C=S) groups is 1. The van der Waals surface area contributed by atoms with Gasteiger partial charge < -0.3 is 20.1 Å². The minimum absolute atomic E-state index is 0.00118. The van der Waals surface area contributed by atoms with Gasteiger partial charge in [-0.1, -0.05) is 38.1 Å². The van der Waals surface area contributed by atoms with E-state index < -0.39 is 0 Å². The number of nitrogens with zero attached hydrogens (tertiary/aromatic N) is 3. The molecule has 0 saturated carbocycles. The SMILES string of the molecule is Cc1cc(N2C(=S)NC(c3ccccn3)C2c2c(C)c(C)n(-c3ccccc3)c2C)ccc1NC(=O)C(C)C. The lowest BCUT2D eigenvalue weighted by molar-refractivity contribution is -0.118. The zero-order valence-electron chi connectivity index (χ0n) is 23.3. The molecule has 2 unspecified atom stereocenters. The third-order valence-corrected chi connectivity index (χ3v) is 8.00. The number of hydrogen-bond acceptors (Lipinski definition) is 3. The molecular weight excluding hydrogens is 502 g/mol. The fourth-order valence-corrected chi connectivity index (χ4v) is 5.89. The van der Waals surface area contributed by atoms with Gasteiger partial charge in [-0.25, -0.2) is 0 Å². The predicted octanol–water partition coefficient (Wildman–Crippen LogP) is 6.88. The molecule has 2 N–H and O–H groups in total. The van der Waals surface area contributed by atoms with Crippen molar-refractivity contribution in [3.8, 4) is 5.69 Å². The second-order valence-electron chi connectivity index (χ2n) is 10.5. The van der Waals surface area contributed by atoms with Gasteiger partial charge in [-0.05, 0) is 93.5 Å². The molecule has 39 heavy (non-hydrogen) atoms. The van der Waals surface area contributed by atoms with Gasteiger partial charge >= 0.3 is 0 Å². The minimum Gasteiger partial charge on any atom is -0.351 e. The Labute approximate surface area is 236 Å². The van der Waals surface area contributed by atoms with Crippen LogP contribution in [0.15, 0.2) is 72.9 Å². The van der Waals surface area contributed by atoms with E-state index in [0.29, 0.717) is 5.11 Å². The molecule has 2 aromatic heterocycles. The Morgan fingerprint density at radius 3 is 2.31 bits per heavy atom. The largest absolute Gasteiger partial charge is 0.351 e. The summed E-state index contributed by atoms with van der Waals surface area (Å²) in [5, 5.41) is 7.28. The first kappa shape index (κ1) is 26.6. The van der Waals surface area contributed by atoms with Crippen molar-refractivity contribution in [1.82, 2.24) is 14.9 Å². The monoisotopic (exact) mass is 537 g/mol. The number of benzene rings is 2. The maximum absolute atomic E-state index is 12.4. The molecule has 200 valence electrons. The van der Waals surface area contributed by atoms with Crippen LogP contribution in [0.3, 0.4) is 0 Å². The molecule has 1 saturated heterocycles. The van der Waals surface area contributed by atoms with E-state index in [-0.39, 0.29) is 23.9 Å². The number of rotatable bonds is 6. The summed E-state index contributed by atoms with van der Waals surface area (Å²) in [6.45, 7) is 12.4. The van der Waals surface area contributed by atoms with Crippen LogP contribution in [-0.4, -0.2) is 20.6 Å². The van der Waals surface area contributed by atoms with Gasteiger partial charge in [-0.15, -0.1) is 0 Å². The molecule has 0 radical (unpaired) electrons. The minimum atomic E-state index is -0.136. The van der Waals surface area contributed by atoms with Gasteiger partial charge in [0.15, 0.2) is 5.11 Å². The number of anilines is 2. The highest BCUT2D eigenvalue weighted by Gasteiger charge is 2.43. The molecule has 7 heteroatoms. The van der Waals surface area contributed by atoms with Crippen LogP contribution in [0.25, 0.3) is 5.69 Å². The van der Waals surface area contributed by atoms with E-state index in [1.807, 2.05) is 57.3 Å². The average molecular weight is 538 g/mol. The highest BCUT2D eigenvalue weighted by atomic mass is 32.1. The Balaban J connectivity index is 1.65. The van der Waals surface area contributed by atoms with Crippen LogP contribution in [0.5, 0.6) is 0 Å². The highest BCUT2D eigenvalue weighted by molar-refractivity contribution is 7.80. The van der Waals surface area contributed by atoms with Crippen molar-refractivity contribution in [1.29, 1.82) is 0 Å². The summed E-state index contributed by atoms with van der Waals surface area (Å²) in [7, 11) is 0. The number of nitrogens with one attached hydrogen (secondary N) is 2. The van der Waals surface area contributed by atoms with E-state index in [2.05, 4.69) is 77.3 Å². The van der Waals surface area contributed by atoms with Crippen LogP contribution in [0.1, 0.15) is 59.7 Å². The fraction of sp³-hybridized carbons (Fsp3) is 0.281. The maximum atomic E-state index is 12.4. The lowest BCUT2D eigenvalue weighted by atomic mass is 9.93. The number of carbonyl (C=O) groups excluding carboxylic acids is 1. The Hall–Kier alpha value is -3.97. The van der Waals surface area contributed by atoms with E-state index >= 15 is 0 Å². The van der Waals surface area contributed by atoms with Crippen molar-refractivity contribution >= 4 is 34.6 Å². The van der Waals surface area contributed by atoms with Gasteiger partial charge in [-0.2, -0.15) is 0 Å². The molecule has 1 aliphatic rings. The topological polar surface area (TPSA) is 62.2 Å². The predicted molar refractivity (Wildman–Crippen MR) is 163 cm³/mol. The lowest BCUT2D eigenvalue weighted by Gasteiger charge is -2.29. The van der Waals surface area contributed by atoms with Gasteiger partial charge in [0.1, 0.15) is 0 Å². The second-order valence-corrected chi connectivity index (χ2v) is 10.9. The highest BCUT2D eigenvalue weighted by Crippen LogP contribution is 2.45. The summed E-state index contributed by atoms with van der Waals surface area (Å²) >= 11 is 5.99. The molecule has 2 atom stereocenters. The Morgan fingerprint density at radius 2 is 1.67 bits per heavy atom. The molecule has 5 rings (SSSR count). The normalized spacial score (nSPS) is 17.0. The molecule has 4 aromatic rings. The molecule has 1 amide bonds. The summed E-state index contributed by atoms with van der Waals surface area (Å²) in [6, 6.07) is 22.3. The molecule has 1 aliphatic heterocycles. The number of aryl methyl sites for hydroxylation is 1. The van der Waals surface area contributed by atoms with E-state index in [1.54, 1.807) is 0 Å². The van der Waals surface area contributed by atoms with Crippen molar-refractivity contribution in [3.63, 3.8) is 0 Å². The van der Waals surface area contributed by atoms with Crippen LogP contribution >= 0.6 is 12.2 Å². The standard InChI is InChI=1S/C32H35N5OS/c1-19(2)31(38)34-26-16-15-25(18-20(26)3)37-30(29(35-32(37)39)27-14-10-11-17-33-27)28-21(4)22(5)36(23(28)6)24-12-8-7-9-13-24/h7-19,29-30H,1-6H3,(H,34,38)(H,35,39). The summed E-state index contributed by atoms with van der Waals surface area (Å²) in [4.78, 5) is 19.3. The summed E-state index contributed by atoms with van der Waals surface area (Å²) < 4.78 is 2.33. The van der Waals surface area contributed by atoms with E-state index in [9.17, 15) is 4.79 Å². The van der Waals surface area contributed by atoms with Crippen molar-refractivity contribution in [2.45, 2.75) is 53.6 Å². The molecule has 0 bridgehead atoms. The third kappa shape index (κ3) is 4.83. The van der Waals surface area contributed by atoms with Gasteiger partial charge in [0, 0.05) is 46.1 Å². The number of carbonyl (C=O) groups is 1. The van der Waals surface area contributed by atoms with Crippen LogP contribution in [0.4, 0.5) is 11.4 Å². The first-order chi connectivity index (χ1) is 18.7. The quantitative estimate of drug-likeness (QED) is 0.263. The molecule has 6 nitrogen and oxygen atoms in total. The van der Waals surface area contributed by atoms with Crippen LogP contribution < -0.4 is 15.5 Å².